The minimum Gasteiger partial charge on any atom is -0.299 e. The van der Waals surface area contributed by atoms with Crippen molar-refractivity contribution in [1.29, 1.82) is 0 Å². The molecule has 0 bridgehead atoms. The van der Waals surface area contributed by atoms with E-state index in [4.69, 9.17) is 0 Å². The third kappa shape index (κ3) is 2.28. The van der Waals surface area contributed by atoms with Gasteiger partial charge in [0.05, 0.1) is 0 Å². The molecule has 0 aromatic heterocycles. The highest BCUT2D eigenvalue weighted by molar-refractivity contribution is 9.10. The number of hydrogen-bond donors (Lipinski definition) is 0. The number of Topliss-reactive ketones (excluding diaryl/α,β-unsaturated/α-hetero) is 1. The van der Waals surface area contributed by atoms with Gasteiger partial charge in [0.15, 0.2) is 0 Å². The summed E-state index contributed by atoms with van der Waals surface area (Å²) in [6.07, 6.45) is 2.38. The largest absolute Gasteiger partial charge is 0.299 e. The van der Waals surface area contributed by atoms with Gasteiger partial charge in [-0.05, 0) is 30.5 Å². The molecule has 0 saturated heterocycles. The second-order valence-electron chi connectivity index (χ2n) is 4.40. The molecule has 0 radical (unpaired) electrons. The van der Waals surface area contributed by atoms with Crippen molar-refractivity contribution in [3.8, 4) is 0 Å². The number of halogens is 2. The van der Waals surface area contributed by atoms with Gasteiger partial charge in [0, 0.05) is 16.3 Å². The van der Waals surface area contributed by atoms with Crippen molar-refractivity contribution in [3.63, 3.8) is 0 Å². The number of carbonyl (C=O) groups is 1. The van der Waals surface area contributed by atoms with Crippen molar-refractivity contribution in [3.05, 3.63) is 34.1 Å². The van der Waals surface area contributed by atoms with E-state index in [9.17, 15) is 9.18 Å². The number of hydrogen-bond acceptors (Lipinski definition) is 1. The summed E-state index contributed by atoms with van der Waals surface area (Å²) in [5.41, 5.74) is 0.767. The van der Waals surface area contributed by atoms with Gasteiger partial charge >= 0.3 is 0 Å². The van der Waals surface area contributed by atoms with Crippen molar-refractivity contribution in [2.75, 3.05) is 0 Å². The van der Waals surface area contributed by atoms with E-state index in [2.05, 4.69) is 15.9 Å². The van der Waals surface area contributed by atoms with E-state index in [0.717, 1.165) is 18.4 Å². The zero-order valence-corrected chi connectivity index (χ0v) is 10.1. The highest BCUT2D eigenvalue weighted by atomic mass is 79.9. The van der Waals surface area contributed by atoms with Crippen LogP contribution in [0.1, 0.15) is 25.3 Å². The third-order valence-electron chi connectivity index (χ3n) is 3.04. The zero-order chi connectivity index (χ0) is 11.1. The maximum absolute atomic E-state index is 12.8. The molecule has 1 aliphatic rings. The molecule has 2 rings (SSSR count). The van der Waals surface area contributed by atoms with Gasteiger partial charge in [-0.2, -0.15) is 0 Å². The summed E-state index contributed by atoms with van der Waals surface area (Å²) in [4.78, 5) is 11.8. The SMILES string of the molecule is CC1(C(=O)Cc2ccc(F)cc2Br)CC1. The second-order valence-corrected chi connectivity index (χ2v) is 5.25. The van der Waals surface area contributed by atoms with Gasteiger partial charge in [-0.3, -0.25) is 4.79 Å². The first kappa shape index (κ1) is 10.8. The van der Waals surface area contributed by atoms with Crippen LogP contribution in [-0.2, 0) is 11.2 Å². The van der Waals surface area contributed by atoms with Gasteiger partial charge in [-0.25, -0.2) is 4.39 Å². The van der Waals surface area contributed by atoms with Gasteiger partial charge in [-0.1, -0.05) is 28.9 Å². The van der Waals surface area contributed by atoms with Crippen molar-refractivity contribution in [2.24, 2.45) is 5.41 Å². The Kier molecular flexibility index (Phi) is 2.67. The average molecular weight is 271 g/mol. The van der Waals surface area contributed by atoms with Crippen LogP contribution >= 0.6 is 15.9 Å². The lowest BCUT2D eigenvalue weighted by Gasteiger charge is -2.08. The Balaban J connectivity index is 2.14. The molecule has 80 valence electrons. The molecule has 0 aliphatic heterocycles. The minimum atomic E-state index is -0.282. The van der Waals surface area contributed by atoms with Gasteiger partial charge in [0.1, 0.15) is 11.6 Å². The molecular weight excluding hydrogens is 259 g/mol. The Hall–Kier alpha value is -0.700. The molecule has 15 heavy (non-hydrogen) atoms. The van der Waals surface area contributed by atoms with Gasteiger partial charge < -0.3 is 0 Å². The molecule has 1 nitrogen and oxygen atoms in total. The topological polar surface area (TPSA) is 17.1 Å². The van der Waals surface area contributed by atoms with Gasteiger partial charge in [-0.15, -0.1) is 0 Å². The van der Waals surface area contributed by atoms with E-state index in [0.29, 0.717) is 10.9 Å². The summed E-state index contributed by atoms with van der Waals surface area (Å²) in [6, 6.07) is 4.46. The van der Waals surface area contributed by atoms with Crippen LogP contribution in [0.5, 0.6) is 0 Å². The monoisotopic (exact) mass is 270 g/mol. The van der Waals surface area contributed by atoms with Crippen LogP contribution in [-0.4, -0.2) is 5.78 Å². The maximum atomic E-state index is 12.8. The smallest absolute Gasteiger partial charge is 0.143 e. The molecular formula is C12H12BrFO. The van der Waals surface area contributed by atoms with E-state index in [1.807, 2.05) is 6.92 Å². The summed E-state index contributed by atoms with van der Waals surface area (Å²) in [5, 5.41) is 0. The Labute approximate surface area is 96.8 Å². The first-order valence-electron chi connectivity index (χ1n) is 4.98. The molecule has 1 aromatic rings. The van der Waals surface area contributed by atoms with Crippen molar-refractivity contribution < 1.29 is 9.18 Å². The molecule has 3 heteroatoms. The van der Waals surface area contributed by atoms with Crippen LogP contribution in [0.25, 0.3) is 0 Å². The van der Waals surface area contributed by atoms with Crippen LogP contribution in [0.15, 0.2) is 22.7 Å². The molecule has 1 fully saturated rings. The molecule has 0 heterocycles. The third-order valence-corrected chi connectivity index (χ3v) is 3.78. The predicted molar refractivity (Wildman–Crippen MR) is 60.2 cm³/mol. The maximum Gasteiger partial charge on any atom is 0.143 e. The Morgan fingerprint density at radius 2 is 2.20 bits per heavy atom. The lowest BCUT2D eigenvalue weighted by molar-refractivity contribution is -0.122. The summed E-state index contributed by atoms with van der Waals surface area (Å²) in [5.74, 6) is -0.0227. The van der Waals surface area contributed by atoms with Crippen molar-refractivity contribution >= 4 is 21.7 Å². The van der Waals surface area contributed by atoms with Gasteiger partial charge in [0.2, 0.25) is 0 Å². The summed E-state index contributed by atoms with van der Waals surface area (Å²) in [6.45, 7) is 1.99. The Morgan fingerprint density at radius 3 is 2.73 bits per heavy atom. The second kappa shape index (κ2) is 3.71. The fourth-order valence-corrected chi connectivity index (χ4v) is 2.01. The molecule has 0 N–H and O–H groups in total. The van der Waals surface area contributed by atoms with Gasteiger partial charge in [0.25, 0.3) is 0 Å². The van der Waals surface area contributed by atoms with E-state index in [-0.39, 0.29) is 17.0 Å². The Bertz CT molecular complexity index is 410. The summed E-state index contributed by atoms with van der Waals surface area (Å²) < 4.78 is 13.5. The first-order chi connectivity index (χ1) is 7.01. The molecule has 0 unspecified atom stereocenters. The lowest BCUT2D eigenvalue weighted by Crippen LogP contribution is -2.14. The number of ketones is 1. The van der Waals surface area contributed by atoms with Crippen LogP contribution < -0.4 is 0 Å². The van der Waals surface area contributed by atoms with Crippen molar-refractivity contribution in [2.45, 2.75) is 26.2 Å². The zero-order valence-electron chi connectivity index (χ0n) is 8.52. The molecule has 0 amide bonds. The number of benzene rings is 1. The van der Waals surface area contributed by atoms with Crippen LogP contribution in [0.4, 0.5) is 4.39 Å². The Morgan fingerprint density at radius 1 is 1.53 bits per heavy atom. The highest BCUT2D eigenvalue weighted by Crippen LogP contribution is 2.46. The van der Waals surface area contributed by atoms with E-state index in [1.165, 1.54) is 12.1 Å². The molecule has 0 atom stereocenters. The quantitative estimate of drug-likeness (QED) is 0.822. The lowest BCUT2D eigenvalue weighted by atomic mass is 9.97. The first-order valence-corrected chi connectivity index (χ1v) is 5.78. The molecule has 0 spiro atoms. The molecule has 1 aromatic carbocycles. The van der Waals surface area contributed by atoms with Crippen LogP contribution in [0.2, 0.25) is 0 Å². The fraction of sp³-hybridized carbons (Fsp3) is 0.417. The summed E-state index contributed by atoms with van der Waals surface area (Å²) >= 11 is 3.27. The van der Waals surface area contributed by atoms with Crippen molar-refractivity contribution in [1.82, 2.24) is 0 Å². The highest BCUT2D eigenvalue weighted by Gasteiger charge is 2.44. The van der Waals surface area contributed by atoms with Crippen LogP contribution in [0, 0.1) is 11.2 Å². The number of rotatable bonds is 3. The number of carbonyl (C=O) groups excluding carboxylic acids is 1. The fourth-order valence-electron chi connectivity index (χ4n) is 1.52. The predicted octanol–water partition coefficient (Wildman–Crippen LogP) is 3.50. The molecule has 1 aliphatic carbocycles. The minimum absolute atomic E-state index is 0.103. The average Bonchev–Trinajstić information content (AvgIpc) is 2.90. The van der Waals surface area contributed by atoms with Crippen LogP contribution in [0.3, 0.4) is 0 Å². The van der Waals surface area contributed by atoms with E-state index >= 15 is 0 Å². The normalized spacial score (nSPS) is 17.5. The molecule has 1 saturated carbocycles. The van der Waals surface area contributed by atoms with E-state index < -0.39 is 0 Å². The summed E-state index contributed by atoms with van der Waals surface area (Å²) in [7, 11) is 0. The standard InChI is InChI=1S/C12H12BrFO/c1-12(4-5-12)11(15)6-8-2-3-9(14)7-10(8)13/h2-3,7H,4-6H2,1H3. The van der Waals surface area contributed by atoms with E-state index in [1.54, 1.807) is 6.07 Å².